The number of carboxylic acids is 1. The molecule has 1 aliphatic heterocycles. The van der Waals surface area contributed by atoms with Crippen LogP contribution < -0.4 is 5.32 Å². The first-order chi connectivity index (χ1) is 9.00. The lowest BCUT2D eigenvalue weighted by Crippen LogP contribution is -2.44. The van der Waals surface area contributed by atoms with Crippen LogP contribution >= 0.6 is 11.3 Å². The Kier molecular flexibility index (Phi) is 4.09. The molecule has 0 aromatic carbocycles. The molecule has 19 heavy (non-hydrogen) atoms. The van der Waals surface area contributed by atoms with Crippen molar-refractivity contribution in [2.75, 3.05) is 6.54 Å². The first-order valence-electron chi connectivity index (χ1n) is 6.34. The second kappa shape index (κ2) is 5.61. The van der Waals surface area contributed by atoms with Crippen molar-refractivity contribution in [2.45, 2.75) is 32.4 Å². The number of nitrogens with zero attached hydrogens (tertiary/aromatic N) is 1. The number of amides is 2. The van der Waals surface area contributed by atoms with Gasteiger partial charge in [0.1, 0.15) is 0 Å². The summed E-state index contributed by atoms with van der Waals surface area (Å²) >= 11 is 1.59. The lowest BCUT2D eigenvalue weighted by molar-refractivity contribution is -0.142. The molecule has 1 saturated heterocycles. The molecule has 0 saturated carbocycles. The van der Waals surface area contributed by atoms with E-state index in [0.29, 0.717) is 13.0 Å². The van der Waals surface area contributed by atoms with Crippen LogP contribution in [0.3, 0.4) is 0 Å². The molecule has 3 atom stereocenters. The number of carboxylic acid groups (broad SMARTS) is 1. The molecular formula is C13H18N2O3S. The number of hydrogen-bond acceptors (Lipinski definition) is 3. The molecule has 0 spiro atoms. The van der Waals surface area contributed by atoms with Crippen LogP contribution in [0.1, 0.15) is 31.2 Å². The number of aliphatic carboxylic acids is 1. The minimum absolute atomic E-state index is 0.0522. The average molecular weight is 282 g/mol. The summed E-state index contributed by atoms with van der Waals surface area (Å²) in [5.74, 6) is -1.28. The second-order valence-electron chi connectivity index (χ2n) is 4.85. The molecule has 0 radical (unpaired) electrons. The summed E-state index contributed by atoms with van der Waals surface area (Å²) in [5, 5.41) is 13.9. The normalized spacial score (nSPS) is 24.2. The molecule has 3 unspecified atom stereocenters. The highest BCUT2D eigenvalue weighted by molar-refractivity contribution is 7.10. The van der Waals surface area contributed by atoms with Gasteiger partial charge in [-0.05, 0) is 31.7 Å². The summed E-state index contributed by atoms with van der Waals surface area (Å²) in [6, 6.07) is 3.43. The van der Waals surface area contributed by atoms with Gasteiger partial charge < -0.3 is 15.3 Å². The number of thiophene rings is 1. The van der Waals surface area contributed by atoms with Gasteiger partial charge in [0.05, 0.1) is 12.0 Å². The number of carbonyl (C=O) groups is 2. The molecule has 2 heterocycles. The van der Waals surface area contributed by atoms with Crippen molar-refractivity contribution in [2.24, 2.45) is 5.92 Å². The van der Waals surface area contributed by atoms with Crippen LogP contribution in [-0.2, 0) is 4.79 Å². The Hall–Kier alpha value is -1.56. The van der Waals surface area contributed by atoms with Crippen molar-refractivity contribution < 1.29 is 14.7 Å². The fourth-order valence-corrected chi connectivity index (χ4v) is 3.17. The molecule has 1 aromatic rings. The summed E-state index contributed by atoms with van der Waals surface area (Å²) in [4.78, 5) is 25.9. The lowest BCUT2D eigenvalue weighted by atomic mass is 10.0. The van der Waals surface area contributed by atoms with E-state index in [2.05, 4.69) is 5.32 Å². The van der Waals surface area contributed by atoms with Crippen LogP contribution in [0.15, 0.2) is 17.5 Å². The van der Waals surface area contributed by atoms with E-state index in [0.717, 1.165) is 4.88 Å². The third-order valence-corrected chi connectivity index (χ3v) is 4.70. The summed E-state index contributed by atoms with van der Waals surface area (Å²) in [5.41, 5.74) is 0. The monoisotopic (exact) mass is 282 g/mol. The van der Waals surface area contributed by atoms with E-state index < -0.39 is 11.9 Å². The zero-order chi connectivity index (χ0) is 14.0. The van der Waals surface area contributed by atoms with Crippen molar-refractivity contribution in [3.63, 3.8) is 0 Å². The molecule has 2 rings (SSSR count). The highest BCUT2D eigenvalue weighted by Gasteiger charge is 2.38. The maximum atomic E-state index is 12.2. The number of hydrogen-bond donors (Lipinski definition) is 2. The number of carbonyl (C=O) groups excluding carboxylic acids is 1. The largest absolute Gasteiger partial charge is 0.481 e. The van der Waals surface area contributed by atoms with Crippen molar-refractivity contribution in [3.8, 4) is 0 Å². The van der Waals surface area contributed by atoms with E-state index >= 15 is 0 Å². The van der Waals surface area contributed by atoms with Gasteiger partial charge in [0, 0.05) is 17.5 Å². The predicted octanol–water partition coefficient (Wildman–Crippen LogP) is 2.31. The van der Waals surface area contributed by atoms with E-state index in [-0.39, 0.29) is 18.1 Å². The Morgan fingerprint density at radius 3 is 2.84 bits per heavy atom. The van der Waals surface area contributed by atoms with Gasteiger partial charge in [-0.2, -0.15) is 0 Å². The summed E-state index contributed by atoms with van der Waals surface area (Å²) in [6.07, 6.45) is 0.525. The lowest BCUT2D eigenvalue weighted by Gasteiger charge is -2.25. The zero-order valence-corrected chi connectivity index (χ0v) is 11.8. The Morgan fingerprint density at radius 2 is 2.32 bits per heavy atom. The fraction of sp³-hybridized carbons (Fsp3) is 0.538. The first-order valence-corrected chi connectivity index (χ1v) is 7.22. The minimum Gasteiger partial charge on any atom is -0.481 e. The highest BCUT2D eigenvalue weighted by atomic mass is 32.1. The molecule has 1 fully saturated rings. The van der Waals surface area contributed by atoms with Crippen molar-refractivity contribution >= 4 is 23.3 Å². The molecule has 2 N–H and O–H groups in total. The smallest absolute Gasteiger partial charge is 0.318 e. The average Bonchev–Trinajstić information content (AvgIpc) is 2.96. The zero-order valence-electron chi connectivity index (χ0n) is 11.0. The SMILES string of the molecule is CC(NC(=O)N1CCC(C(=O)O)C1C)c1cccs1. The van der Waals surface area contributed by atoms with E-state index in [1.807, 2.05) is 24.4 Å². The van der Waals surface area contributed by atoms with Gasteiger partial charge >= 0.3 is 12.0 Å². The predicted molar refractivity (Wildman–Crippen MR) is 73.2 cm³/mol. The third-order valence-electron chi connectivity index (χ3n) is 3.64. The summed E-state index contributed by atoms with van der Waals surface area (Å²) in [7, 11) is 0. The molecular weight excluding hydrogens is 264 g/mol. The molecule has 2 amide bonds. The Bertz CT molecular complexity index is 460. The molecule has 6 heteroatoms. The molecule has 104 valence electrons. The summed E-state index contributed by atoms with van der Waals surface area (Å²) in [6.45, 7) is 4.22. The van der Waals surface area contributed by atoms with Crippen molar-refractivity contribution in [1.29, 1.82) is 0 Å². The minimum atomic E-state index is -0.825. The van der Waals surface area contributed by atoms with Crippen LogP contribution in [0.5, 0.6) is 0 Å². The highest BCUT2D eigenvalue weighted by Crippen LogP contribution is 2.25. The Labute approximate surface area is 116 Å². The first kappa shape index (κ1) is 13.9. The van der Waals surface area contributed by atoms with Crippen molar-refractivity contribution in [1.82, 2.24) is 10.2 Å². The molecule has 0 aliphatic carbocycles. The van der Waals surface area contributed by atoms with E-state index in [1.165, 1.54) is 0 Å². The van der Waals surface area contributed by atoms with Gasteiger partial charge in [-0.3, -0.25) is 4.79 Å². The van der Waals surface area contributed by atoms with Crippen LogP contribution in [0, 0.1) is 5.92 Å². The van der Waals surface area contributed by atoms with Crippen LogP contribution in [0.4, 0.5) is 4.79 Å². The van der Waals surface area contributed by atoms with Gasteiger partial charge in [-0.15, -0.1) is 11.3 Å². The Morgan fingerprint density at radius 1 is 1.58 bits per heavy atom. The van der Waals surface area contributed by atoms with Crippen LogP contribution in [-0.4, -0.2) is 34.6 Å². The van der Waals surface area contributed by atoms with Crippen LogP contribution in [0.25, 0.3) is 0 Å². The number of likely N-dealkylation sites (tertiary alicyclic amines) is 1. The second-order valence-corrected chi connectivity index (χ2v) is 5.83. The van der Waals surface area contributed by atoms with Gasteiger partial charge in [0.2, 0.25) is 0 Å². The molecule has 5 nitrogen and oxygen atoms in total. The van der Waals surface area contributed by atoms with E-state index in [4.69, 9.17) is 5.11 Å². The van der Waals surface area contributed by atoms with Gasteiger partial charge in [0.25, 0.3) is 0 Å². The molecule has 1 aromatic heterocycles. The number of urea groups is 1. The number of rotatable bonds is 3. The standard InChI is InChI=1S/C13H18N2O3S/c1-8(11-4-3-7-19-11)14-13(18)15-6-5-10(9(15)2)12(16)17/h3-4,7-10H,5-6H2,1-2H3,(H,14,18)(H,16,17). The van der Waals surface area contributed by atoms with Gasteiger partial charge in [-0.25, -0.2) is 4.79 Å². The third kappa shape index (κ3) is 2.89. The van der Waals surface area contributed by atoms with Gasteiger partial charge in [-0.1, -0.05) is 6.07 Å². The summed E-state index contributed by atoms with van der Waals surface area (Å²) < 4.78 is 0. The van der Waals surface area contributed by atoms with E-state index in [9.17, 15) is 9.59 Å². The maximum Gasteiger partial charge on any atom is 0.318 e. The van der Waals surface area contributed by atoms with Gasteiger partial charge in [0.15, 0.2) is 0 Å². The Balaban J connectivity index is 1.96. The van der Waals surface area contributed by atoms with Crippen molar-refractivity contribution in [3.05, 3.63) is 22.4 Å². The number of nitrogens with one attached hydrogen (secondary N) is 1. The van der Waals surface area contributed by atoms with Crippen LogP contribution in [0.2, 0.25) is 0 Å². The maximum absolute atomic E-state index is 12.2. The topological polar surface area (TPSA) is 69.6 Å². The fourth-order valence-electron chi connectivity index (χ4n) is 2.43. The quantitative estimate of drug-likeness (QED) is 0.894. The molecule has 0 bridgehead atoms. The molecule has 1 aliphatic rings. The van der Waals surface area contributed by atoms with E-state index in [1.54, 1.807) is 23.2 Å².